The van der Waals surface area contributed by atoms with Crippen LogP contribution in [0.3, 0.4) is 0 Å². The lowest BCUT2D eigenvalue weighted by Crippen LogP contribution is -2.06. The molecule has 0 N–H and O–H groups in total. The van der Waals surface area contributed by atoms with Crippen LogP contribution in [0.5, 0.6) is 11.8 Å². The zero-order chi connectivity index (χ0) is 14.8. The quantitative estimate of drug-likeness (QED) is 0.854. The fraction of sp³-hybridized carbons (Fsp3) is 0.312. The van der Waals surface area contributed by atoms with Gasteiger partial charge in [-0.25, -0.2) is 0 Å². The summed E-state index contributed by atoms with van der Waals surface area (Å²) in [5.41, 5.74) is 3.25. The molecular weight excluding hydrogens is 284 g/mol. The van der Waals surface area contributed by atoms with E-state index in [2.05, 4.69) is 36.2 Å². The van der Waals surface area contributed by atoms with Gasteiger partial charge < -0.3 is 9.47 Å². The van der Waals surface area contributed by atoms with Crippen LogP contribution in [0, 0.1) is 6.92 Å². The van der Waals surface area contributed by atoms with Gasteiger partial charge in [0.1, 0.15) is 11.7 Å². The van der Waals surface area contributed by atoms with Crippen molar-refractivity contribution >= 4 is 16.8 Å². The third-order valence-electron chi connectivity index (χ3n) is 3.43. The standard InChI is InChI=1S/C16H18N2O2S/c1-11-4-6-12(7-5-11)18-14(19-2)10-13-15(21-3)17-8-9-20-16(13)18/h4-7,10H,8-9H2,1-3H3. The number of hydrogen-bond acceptors (Lipinski definition) is 4. The molecule has 0 fully saturated rings. The first kappa shape index (κ1) is 14.1. The lowest BCUT2D eigenvalue weighted by molar-refractivity contribution is 0.303. The predicted octanol–water partition coefficient (Wildman–Crippen LogP) is 3.30. The second-order valence-electron chi connectivity index (χ2n) is 4.82. The summed E-state index contributed by atoms with van der Waals surface area (Å²) in [6.07, 6.45) is 2.03. The molecule has 1 aliphatic rings. The van der Waals surface area contributed by atoms with Gasteiger partial charge in [0.2, 0.25) is 11.8 Å². The third-order valence-corrected chi connectivity index (χ3v) is 4.17. The first-order chi connectivity index (χ1) is 10.2. The van der Waals surface area contributed by atoms with Crippen molar-refractivity contribution in [3.05, 3.63) is 41.5 Å². The number of methoxy groups -OCH3 is 1. The van der Waals surface area contributed by atoms with Crippen LogP contribution in [-0.2, 0) is 0 Å². The molecule has 110 valence electrons. The van der Waals surface area contributed by atoms with E-state index in [0.29, 0.717) is 13.2 Å². The molecule has 1 aliphatic heterocycles. The smallest absolute Gasteiger partial charge is 0.211 e. The van der Waals surface area contributed by atoms with E-state index in [-0.39, 0.29) is 0 Å². The minimum Gasteiger partial charge on any atom is -0.482 e. The zero-order valence-electron chi connectivity index (χ0n) is 12.4. The van der Waals surface area contributed by atoms with Crippen LogP contribution in [-0.4, -0.2) is 36.1 Å². The van der Waals surface area contributed by atoms with Crippen molar-refractivity contribution in [2.75, 3.05) is 26.5 Å². The summed E-state index contributed by atoms with van der Waals surface area (Å²) in [4.78, 5) is 4.57. The van der Waals surface area contributed by atoms with Crippen molar-refractivity contribution in [2.24, 2.45) is 4.99 Å². The second-order valence-corrected chi connectivity index (χ2v) is 5.61. The summed E-state index contributed by atoms with van der Waals surface area (Å²) >= 11 is 1.63. The van der Waals surface area contributed by atoms with E-state index >= 15 is 0 Å². The average molecular weight is 302 g/mol. The first-order valence-electron chi connectivity index (χ1n) is 6.83. The molecule has 0 radical (unpaired) electrons. The summed E-state index contributed by atoms with van der Waals surface area (Å²) in [5.74, 6) is 1.56. The van der Waals surface area contributed by atoms with Crippen LogP contribution in [0.2, 0.25) is 0 Å². The van der Waals surface area contributed by atoms with Crippen LogP contribution in [0.1, 0.15) is 11.1 Å². The number of benzene rings is 1. The van der Waals surface area contributed by atoms with Gasteiger partial charge in [0.15, 0.2) is 0 Å². The molecule has 3 rings (SSSR count). The van der Waals surface area contributed by atoms with Crippen LogP contribution in [0.15, 0.2) is 35.3 Å². The fourth-order valence-electron chi connectivity index (χ4n) is 2.40. The van der Waals surface area contributed by atoms with Crippen molar-refractivity contribution in [3.8, 4) is 17.4 Å². The molecular formula is C16H18N2O2S. The van der Waals surface area contributed by atoms with Crippen molar-refractivity contribution in [2.45, 2.75) is 6.92 Å². The highest BCUT2D eigenvalue weighted by Gasteiger charge is 2.23. The summed E-state index contributed by atoms with van der Waals surface area (Å²) < 4.78 is 13.5. The van der Waals surface area contributed by atoms with E-state index in [1.54, 1.807) is 18.9 Å². The molecule has 0 saturated carbocycles. The van der Waals surface area contributed by atoms with E-state index in [1.165, 1.54) is 5.56 Å². The van der Waals surface area contributed by atoms with Gasteiger partial charge in [-0.15, -0.1) is 11.8 Å². The van der Waals surface area contributed by atoms with E-state index < -0.39 is 0 Å². The predicted molar refractivity (Wildman–Crippen MR) is 87.5 cm³/mol. The normalized spacial score (nSPS) is 14.0. The number of nitrogens with zero attached hydrogens (tertiary/aromatic N) is 2. The van der Waals surface area contributed by atoms with Crippen LogP contribution in [0.25, 0.3) is 5.69 Å². The highest BCUT2D eigenvalue weighted by Crippen LogP contribution is 2.36. The summed E-state index contributed by atoms with van der Waals surface area (Å²) in [7, 11) is 1.68. The third kappa shape index (κ3) is 2.53. The molecule has 5 heteroatoms. The van der Waals surface area contributed by atoms with Gasteiger partial charge in [0, 0.05) is 6.07 Å². The van der Waals surface area contributed by atoms with Crippen molar-refractivity contribution in [1.29, 1.82) is 0 Å². The maximum absolute atomic E-state index is 5.93. The largest absolute Gasteiger partial charge is 0.482 e. The highest BCUT2D eigenvalue weighted by molar-refractivity contribution is 8.13. The van der Waals surface area contributed by atoms with E-state index in [4.69, 9.17) is 9.47 Å². The molecule has 2 aromatic rings. The monoisotopic (exact) mass is 302 g/mol. The highest BCUT2D eigenvalue weighted by atomic mass is 32.2. The molecule has 0 aliphatic carbocycles. The maximum atomic E-state index is 5.93. The molecule has 1 aromatic carbocycles. The minimum absolute atomic E-state index is 0.579. The van der Waals surface area contributed by atoms with Crippen LogP contribution >= 0.6 is 11.8 Å². The van der Waals surface area contributed by atoms with E-state index in [1.807, 2.05) is 16.9 Å². The Labute approximate surface area is 128 Å². The van der Waals surface area contributed by atoms with Crippen molar-refractivity contribution in [1.82, 2.24) is 4.57 Å². The van der Waals surface area contributed by atoms with Gasteiger partial charge in [0.05, 0.1) is 24.9 Å². The number of fused-ring (bicyclic) bond motifs is 1. The molecule has 1 aromatic heterocycles. The van der Waals surface area contributed by atoms with Gasteiger partial charge in [-0.3, -0.25) is 9.56 Å². The Bertz CT molecular complexity index is 674. The molecule has 21 heavy (non-hydrogen) atoms. The van der Waals surface area contributed by atoms with Gasteiger partial charge in [-0.05, 0) is 25.3 Å². The first-order valence-corrected chi connectivity index (χ1v) is 8.05. The molecule has 0 saturated heterocycles. The molecule has 2 heterocycles. The Hall–Kier alpha value is -1.88. The van der Waals surface area contributed by atoms with Crippen molar-refractivity contribution < 1.29 is 9.47 Å². The zero-order valence-corrected chi connectivity index (χ0v) is 13.2. The Balaban J connectivity index is 2.19. The van der Waals surface area contributed by atoms with E-state index in [0.717, 1.165) is 28.1 Å². The number of ether oxygens (including phenoxy) is 2. The minimum atomic E-state index is 0.579. The number of rotatable bonds is 2. The molecule has 0 atom stereocenters. The average Bonchev–Trinajstić information content (AvgIpc) is 2.75. The molecule has 4 nitrogen and oxygen atoms in total. The Morgan fingerprint density at radius 1 is 1.29 bits per heavy atom. The van der Waals surface area contributed by atoms with Crippen molar-refractivity contribution in [3.63, 3.8) is 0 Å². The molecule has 0 bridgehead atoms. The number of aromatic nitrogens is 1. The Morgan fingerprint density at radius 3 is 2.71 bits per heavy atom. The molecule has 0 amide bonds. The number of aryl methyl sites for hydroxylation is 1. The van der Waals surface area contributed by atoms with Crippen LogP contribution < -0.4 is 9.47 Å². The maximum Gasteiger partial charge on any atom is 0.211 e. The second kappa shape index (κ2) is 5.85. The molecule has 0 unspecified atom stereocenters. The number of aliphatic imine (C=N–C) groups is 1. The summed E-state index contributed by atoms with van der Waals surface area (Å²) in [5, 5.41) is 0.992. The Kier molecular flexibility index (Phi) is 3.92. The summed E-state index contributed by atoms with van der Waals surface area (Å²) in [6, 6.07) is 10.3. The SMILES string of the molecule is COc1cc2c(n1-c1ccc(C)cc1)OCCN=C2SC. The summed E-state index contributed by atoms with van der Waals surface area (Å²) in [6.45, 7) is 3.34. The van der Waals surface area contributed by atoms with Gasteiger partial charge in [-0.1, -0.05) is 17.7 Å². The lowest BCUT2D eigenvalue weighted by Gasteiger charge is -2.13. The van der Waals surface area contributed by atoms with Gasteiger partial charge >= 0.3 is 0 Å². The Morgan fingerprint density at radius 2 is 2.05 bits per heavy atom. The number of hydrogen-bond donors (Lipinski definition) is 0. The topological polar surface area (TPSA) is 35.8 Å². The van der Waals surface area contributed by atoms with Crippen LogP contribution in [0.4, 0.5) is 0 Å². The number of thioether (sulfide) groups is 1. The lowest BCUT2D eigenvalue weighted by atomic mass is 10.2. The van der Waals surface area contributed by atoms with Gasteiger partial charge in [0.25, 0.3) is 0 Å². The van der Waals surface area contributed by atoms with Gasteiger partial charge in [-0.2, -0.15) is 0 Å². The fourth-order valence-corrected chi connectivity index (χ4v) is 2.99. The molecule has 0 spiro atoms. The van der Waals surface area contributed by atoms with E-state index in [9.17, 15) is 0 Å².